The summed E-state index contributed by atoms with van der Waals surface area (Å²) in [6.45, 7) is 1.92. The molecule has 1 aliphatic carbocycles. The molecule has 1 aromatic carbocycles. The van der Waals surface area contributed by atoms with Crippen LogP contribution in [0, 0.1) is 29.2 Å². The van der Waals surface area contributed by atoms with E-state index in [1.807, 2.05) is 0 Å². The standard InChI is InChI=1S/C29H26ClF4N5O4/c1-3-43-29(41)22-25(14-4-7-20-15(10-14)13-39(38-20)9-8-21(40)42-2)36-28(27-19(33)11-16(31)12-35-27)37-26(22)17-5-6-18(32)24(34)23(17)30/h5-6,11-14,26H,3-4,7-10H2,1-2H3,(H,36,37). The van der Waals surface area contributed by atoms with E-state index in [0.717, 1.165) is 23.5 Å². The Morgan fingerprint density at radius 1 is 1.19 bits per heavy atom. The van der Waals surface area contributed by atoms with Gasteiger partial charge < -0.3 is 14.8 Å². The van der Waals surface area contributed by atoms with E-state index in [0.29, 0.717) is 37.6 Å². The first kappa shape index (κ1) is 30.2. The Hall–Kier alpha value is -4.26. The first-order valence-corrected chi connectivity index (χ1v) is 13.8. The van der Waals surface area contributed by atoms with Crippen LogP contribution in [0.1, 0.15) is 48.3 Å². The number of ether oxygens (including phenoxy) is 2. The van der Waals surface area contributed by atoms with Crippen LogP contribution >= 0.6 is 11.6 Å². The molecule has 9 nitrogen and oxygen atoms in total. The normalized spacial score (nSPS) is 18.1. The molecule has 43 heavy (non-hydrogen) atoms. The molecule has 1 aliphatic heterocycles. The first-order chi connectivity index (χ1) is 20.6. The fraction of sp³-hybridized carbons (Fsp3) is 0.345. The molecule has 0 amide bonds. The summed E-state index contributed by atoms with van der Waals surface area (Å²) >= 11 is 6.23. The van der Waals surface area contributed by atoms with Crippen molar-refractivity contribution in [2.24, 2.45) is 10.9 Å². The minimum Gasteiger partial charge on any atom is -0.469 e. The molecule has 3 heterocycles. The number of hydrogen-bond donors (Lipinski definition) is 1. The van der Waals surface area contributed by atoms with Gasteiger partial charge in [-0.2, -0.15) is 5.10 Å². The Morgan fingerprint density at radius 2 is 1.98 bits per heavy atom. The van der Waals surface area contributed by atoms with Crippen molar-refractivity contribution in [3.63, 3.8) is 0 Å². The molecule has 14 heteroatoms. The van der Waals surface area contributed by atoms with E-state index in [1.165, 1.54) is 13.2 Å². The first-order valence-electron chi connectivity index (χ1n) is 13.4. The summed E-state index contributed by atoms with van der Waals surface area (Å²) in [4.78, 5) is 33.4. The predicted molar refractivity (Wildman–Crippen MR) is 146 cm³/mol. The maximum atomic E-state index is 15.0. The summed E-state index contributed by atoms with van der Waals surface area (Å²) in [6.07, 6.45) is 4.10. The zero-order valence-corrected chi connectivity index (χ0v) is 23.9. The number of amidine groups is 1. The Labute approximate surface area is 248 Å². The van der Waals surface area contributed by atoms with E-state index in [1.54, 1.807) is 17.8 Å². The number of carbonyl (C=O) groups excluding carboxylic acids is 2. The summed E-state index contributed by atoms with van der Waals surface area (Å²) in [5.41, 5.74) is 1.54. The van der Waals surface area contributed by atoms with Crippen LogP contribution in [-0.2, 0) is 38.4 Å². The molecule has 0 spiro atoms. The molecule has 5 rings (SSSR count). The van der Waals surface area contributed by atoms with Gasteiger partial charge in [-0.15, -0.1) is 0 Å². The SMILES string of the molecule is CCOC(=O)C1=C(C2CCc3nn(CCC(=O)OC)cc3C2)NC(c2ncc(F)cc2F)=NC1c1ccc(F)c(F)c1Cl. The van der Waals surface area contributed by atoms with E-state index < -0.39 is 46.2 Å². The molecule has 2 unspecified atom stereocenters. The van der Waals surface area contributed by atoms with Gasteiger partial charge in [0.15, 0.2) is 23.3 Å². The number of benzene rings is 1. The van der Waals surface area contributed by atoms with Crippen LogP contribution in [-0.4, -0.2) is 46.3 Å². The highest BCUT2D eigenvalue weighted by Crippen LogP contribution is 2.41. The minimum absolute atomic E-state index is 0.000339. The number of aryl methyl sites for hydroxylation is 2. The Balaban J connectivity index is 1.62. The second-order valence-electron chi connectivity index (χ2n) is 9.93. The van der Waals surface area contributed by atoms with Gasteiger partial charge in [0.2, 0.25) is 0 Å². The monoisotopic (exact) mass is 619 g/mol. The number of rotatable bonds is 8. The number of aliphatic imine (C=N–C) groups is 1. The highest BCUT2D eigenvalue weighted by atomic mass is 35.5. The molecule has 2 aliphatic rings. The van der Waals surface area contributed by atoms with Gasteiger partial charge >= 0.3 is 11.9 Å². The third-order valence-corrected chi connectivity index (χ3v) is 7.65. The molecule has 0 fully saturated rings. The number of hydrogen-bond acceptors (Lipinski definition) is 8. The van der Waals surface area contributed by atoms with Gasteiger partial charge in [0.25, 0.3) is 0 Å². The van der Waals surface area contributed by atoms with E-state index in [-0.39, 0.29) is 41.7 Å². The van der Waals surface area contributed by atoms with Gasteiger partial charge in [-0.1, -0.05) is 17.7 Å². The molecule has 226 valence electrons. The molecular weight excluding hydrogens is 594 g/mol. The van der Waals surface area contributed by atoms with E-state index >= 15 is 0 Å². The summed E-state index contributed by atoms with van der Waals surface area (Å²) in [5.74, 6) is -6.21. The Kier molecular flexibility index (Phi) is 8.81. The molecule has 0 radical (unpaired) electrons. The average Bonchev–Trinajstić information content (AvgIpc) is 3.40. The van der Waals surface area contributed by atoms with Crippen molar-refractivity contribution in [3.05, 3.63) is 92.7 Å². The van der Waals surface area contributed by atoms with Crippen LogP contribution < -0.4 is 5.32 Å². The van der Waals surface area contributed by atoms with E-state index in [9.17, 15) is 27.2 Å². The smallest absolute Gasteiger partial charge is 0.338 e. The fourth-order valence-corrected chi connectivity index (χ4v) is 5.49. The predicted octanol–water partition coefficient (Wildman–Crippen LogP) is 4.76. The third kappa shape index (κ3) is 6.12. The third-order valence-electron chi connectivity index (χ3n) is 7.26. The van der Waals surface area contributed by atoms with Crippen molar-refractivity contribution in [1.29, 1.82) is 0 Å². The summed E-state index contributed by atoms with van der Waals surface area (Å²) in [7, 11) is 1.30. The molecule has 0 saturated heterocycles. The highest BCUT2D eigenvalue weighted by molar-refractivity contribution is 6.31. The van der Waals surface area contributed by atoms with Crippen LogP contribution in [0.4, 0.5) is 17.6 Å². The maximum absolute atomic E-state index is 15.0. The van der Waals surface area contributed by atoms with Gasteiger partial charge in [0, 0.05) is 29.4 Å². The number of pyridine rings is 1. The molecule has 2 atom stereocenters. The van der Waals surface area contributed by atoms with Crippen molar-refractivity contribution in [2.45, 2.75) is 45.2 Å². The topological polar surface area (TPSA) is 108 Å². The number of aromatic nitrogens is 3. The van der Waals surface area contributed by atoms with Crippen LogP contribution in [0.15, 0.2) is 46.9 Å². The number of esters is 2. The maximum Gasteiger partial charge on any atom is 0.338 e. The Morgan fingerprint density at radius 3 is 2.70 bits per heavy atom. The highest BCUT2D eigenvalue weighted by Gasteiger charge is 2.39. The largest absolute Gasteiger partial charge is 0.469 e. The van der Waals surface area contributed by atoms with E-state index in [4.69, 9.17) is 21.1 Å². The number of nitrogens with zero attached hydrogens (tertiary/aromatic N) is 4. The number of fused-ring (bicyclic) bond motifs is 1. The lowest BCUT2D eigenvalue weighted by Gasteiger charge is -2.33. The zero-order chi connectivity index (χ0) is 30.8. The van der Waals surface area contributed by atoms with Crippen molar-refractivity contribution < 1.29 is 36.6 Å². The van der Waals surface area contributed by atoms with Gasteiger partial charge in [0.05, 0.1) is 49.2 Å². The van der Waals surface area contributed by atoms with Crippen LogP contribution in [0.2, 0.25) is 5.02 Å². The number of halogens is 5. The minimum atomic E-state index is -1.34. The fourth-order valence-electron chi connectivity index (χ4n) is 5.24. The lowest BCUT2D eigenvalue weighted by molar-refractivity contribution is -0.141. The summed E-state index contributed by atoms with van der Waals surface area (Å²) in [6, 6.07) is 1.32. The Bertz CT molecular complexity index is 1660. The van der Waals surface area contributed by atoms with Crippen molar-refractivity contribution in [1.82, 2.24) is 20.1 Å². The number of methoxy groups -OCH3 is 1. The second kappa shape index (κ2) is 12.5. The summed E-state index contributed by atoms with van der Waals surface area (Å²) in [5, 5.41) is 6.98. The molecule has 2 aromatic heterocycles. The van der Waals surface area contributed by atoms with Crippen LogP contribution in [0.25, 0.3) is 0 Å². The molecular formula is C29H26ClF4N5O4. The molecule has 3 aromatic rings. The van der Waals surface area contributed by atoms with Crippen LogP contribution in [0.3, 0.4) is 0 Å². The zero-order valence-electron chi connectivity index (χ0n) is 23.1. The number of allylic oxidation sites excluding steroid dienone is 1. The van der Waals surface area contributed by atoms with Gasteiger partial charge in [0.1, 0.15) is 17.6 Å². The van der Waals surface area contributed by atoms with E-state index in [2.05, 4.69) is 20.4 Å². The number of carbonyl (C=O) groups is 2. The second-order valence-corrected chi connectivity index (χ2v) is 10.3. The molecule has 1 N–H and O–H groups in total. The molecule has 0 saturated carbocycles. The van der Waals surface area contributed by atoms with Crippen molar-refractivity contribution in [3.8, 4) is 0 Å². The van der Waals surface area contributed by atoms with Crippen LogP contribution in [0.5, 0.6) is 0 Å². The van der Waals surface area contributed by atoms with Gasteiger partial charge in [-0.25, -0.2) is 27.3 Å². The summed E-state index contributed by atoms with van der Waals surface area (Å²) < 4.78 is 69.0. The van der Waals surface area contributed by atoms with Crippen molar-refractivity contribution in [2.75, 3.05) is 13.7 Å². The van der Waals surface area contributed by atoms with Gasteiger partial charge in [-0.05, 0) is 37.8 Å². The lowest BCUT2D eigenvalue weighted by atomic mass is 9.81. The lowest BCUT2D eigenvalue weighted by Crippen LogP contribution is -2.39. The average molecular weight is 620 g/mol. The quantitative estimate of drug-likeness (QED) is 0.220. The number of nitrogens with one attached hydrogen (secondary N) is 1. The van der Waals surface area contributed by atoms with Crippen molar-refractivity contribution >= 4 is 29.4 Å². The molecule has 0 bridgehead atoms. The van der Waals surface area contributed by atoms with Gasteiger partial charge in [-0.3, -0.25) is 14.5 Å².